The van der Waals surface area contributed by atoms with E-state index in [4.69, 9.17) is 0 Å². The van der Waals surface area contributed by atoms with E-state index in [2.05, 4.69) is 25.4 Å². The molecule has 0 aromatic heterocycles. The second-order valence-electron chi connectivity index (χ2n) is 6.47. The highest BCUT2D eigenvalue weighted by atomic mass is 79.9. The predicted molar refractivity (Wildman–Crippen MR) is 122 cm³/mol. The number of phenolic OH excluding ortho intramolecular Hbond substituents is 2. The van der Waals surface area contributed by atoms with Crippen molar-refractivity contribution in [2.45, 2.75) is 0 Å². The van der Waals surface area contributed by atoms with Gasteiger partial charge in [0.15, 0.2) is 0 Å². The summed E-state index contributed by atoms with van der Waals surface area (Å²) in [7, 11) is 2.57. The zero-order valence-corrected chi connectivity index (χ0v) is 18.3. The molecule has 0 aliphatic rings. The minimum absolute atomic E-state index is 0.0278. The summed E-state index contributed by atoms with van der Waals surface area (Å²) in [5.41, 5.74) is 0.351. The number of carbonyl (C=O) groups excluding carboxylic acids is 2. The standard InChI is InChI=1S/C12H9BrO3.C12H10O3/c1-16-12(15)9-6-10(13)7-4-2-3-5-8(7)11(9)14;1-15-12(14)10-7-6-8-4-2-3-5-9(8)11(10)13/h2-6,14H,1H3;2-7,13H,1H3. The molecule has 4 rings (SSSR count). The second kappa shape index (κ2) is 9.49. The molecule has 0 fully saturated rings. The average molecular weight is 483 g/mol. The van der Waals surface area contributed by atoms with Gasteiger partial charge in [0.25, 0.3) is 0 Å². The zero-order valence-electron chi connectivity index (χ0n) is 16.8. The van der Waals surface area contributed by atoms with Crippen LogP contribution in [0, 0.1) is 0 Å². The summed E-state index contributed by atoms with van der Waals surface area (Å²) < 4.78 is 9.92. The molecule has 0 radical (unpaired) electrons. The molecule has 7 heteroatoms. The number of carbonyl (C=O) groups is 2. The fraction of sp³-hybridized carbons (Fsp3) is 0.0833. The van der Waals surface area contributed by atoms with Crippen molar-refractivity contribution in [2.75, 3.05) is 14.2 Å². The molecule has 0 spiro atoms. The van der Waals surface area contributed by atoms with Gasteiger partial charge in [-0.2, -0.15) is 0 Å². The Morgan fingerprint density at radius 1 is 0.710 bits per heavy atom. The molecule has 4 aromatic carbocycles. The lowest BCUT2D eigenvalue weighted by Crippen LogP contribution is -2.01. The predicted octanol–water partition coefficient (Wildman–Crippen LogP) is 5.43. The van der Waals surface area contributed by atoms with Crippen LogP contribution < -0.4 is 0 Å². The molecule has 6 nitrogen and oxygen atoms in total. The summed E-state index contributed by atoms with van der Waals surface area (Å²) in [6, 6.07) is 19.5. The molecule has 0 unspecified atom stereocenters. The van der Waals surface area contributed by atoms with E-state index >= 15 is 0 Å². The van der Waals surface area contributed by atoms with Gasteiger partial charge in [-0.15, -0.1) is 0 Å². The van der Waals surface area contributed by atoms with Gasteiger partial charge in [-0.1, -0.05) is 70.5 Å². The third-order valence-electron chi connectivity index (χ3n) is 4.68. The quantitative estimate of drug-likeness (QED) is 0.370. The van der Waals surface area contributed by atoms with Gasteiger partial charge in [-0.05, 0) is 22.9 Å². The molecule has 158 valence electrons. The second-order valence-corrected chi connectivity index (χ2v) is 7.32. The SMILES string of the molecule is COC(=O)c1cc(Br)c2ccccc2c1O.COC(=O)c1ccc2ccccc2c1O. The van der Waals surface area contributed by atoms with Gasteiger partial charge in [0.2, 0.25) is 0 Å². The smallest absolute Gasteiger partial charge is 0.341 e. The number of hydrogen-bond donors (Lipinski definition) is 2. The molecular weight excluding hydrogens is 464 g/mol. The number of rotatable bonds is 2. The fourth-order valence-electron chi connectivity index (χ4n) is 3.11. The molecule has 0 aliphatic carbocycles. The van der Waals surface area contributed by atoms with E-state index in [-0.39, 0.29) is 22.6 Å². The first-order valence-electron chi connectivity index (χ1n) is 9.16. The Bertz CT molecular complexity index is 1280. The Kier molecular flexibility index (Phi) is 6.77. The fourth-order valence-corrected chi connectivity index (χ4v) is 3.69. The number of ether oxygens (including phenoxy) is 2. The number of methoxy groups -OCH3 is 2. The molecule has 0 saturated carbocycles. The number of phenols is 2. The molecule has 2 N–H and O–H groups in total. The summed E-state index contributed by atoms with van der Waals surface area (Å²) in [6.07, 6.45) is 0. The first-order chi connectivity index (χ1) is 14.9. The van der Waals surface area contributed by atoms with Crippen molar-refractivity contribution in [1.29, 1.82) is 0 Å². The van der Waals surface area contributed by atoms with Crippen LogP contribution in [0.3, 0.4) is 0 Å². The van der Waals surface area contributed by atoms with Crippen LogP contribution in [0.25, 0.3) is 21.5 Å². The maximum Gasteiger partial charge on any atom is 0.341 e. The molecule has 31 heavy (non-hydrogen) atoms. The van der Waals surface area contributed by atoms with E-state index in [0.29, 0.717) is 10.8 Å². The Balaban J connectivity index is 0.000000176. The van der Waals surface area contributed by atoms with E-state index in [0.717, 1.165) is 15.2 Å². The Morgan fingerprint density at radius 3 is 1.87 bits per heavy atom. The van der Waals surface area contributed by atoms with Gasteiger partial charge < -0.3 is 19.7 Å². The Hall–Kier alpha value is -3.58. The molecular formula is C24H19BrO6. The van der Waals surface area contributed by atoms with Crippen LogP contribution in [-0.4, -0.2) is 36.4 Å². The largest absolute Gasteiger partial charge is 0.506 e. The van der Waals surface area contributed by atoms with Crippen LogP contribution in [0.4, 0.5) is 0 Å². The first-order valence-corrected chi connectivity index (χ1v) is 9.95. The summed E-state index contributed by atoms with van der Waals surface area (Å²) in [5.74, 6) is -1.16. The highest BCUT2D eigenvalue weighted by Gasteiger charge is 2.16. The van der Waals surface area contributed by atoms with Crippen molar-refractivity contribution >= 4 is 49.4 Å². The van der Waals surface area contributed by atoms with Gasteiger partial charge in [0.05, 0.1) is 14.2 Å². The van der Waals surface area contributed by atoms with Crippen LogP contribution in [0.5, 0.6) is 11.5 Å². The average Bonchev–Trinajstić information content (AvgIpc) is 2.81. The minimum Gasteiger partial charge on any atom is -0.506 e. The van der Waals surface area contributed by atoms with Gasteiger partial charge in [-0.3, -0.25) is 0 Å². The monoisotopic (exact) mass is 482 g/mol. The lowest BCUT2D eigenvalue weighted by atomic mass is 10.1. The molecule has 4 aromatic rings. The Morgan fingerprint density at radius 2 is 1.23 bits per heavy atom. The number of aromatic hydroxyl groups is 2. The maximum absolute atomic E-state index is 11.4. The van der Waals surface area contributed by atoms with Crippen molar-refractivity contribution in [3.63, 3.8) is 0 Å². The normalized spacial score (nSPS) is 10.3. The third kappa shape index (κ3) is 4.46. The van der Waals surface area contributed by atoms with Crippen LogP contribution in [-0.2, 0) is 9.47 Å². The minimum atomic E-state index is -0.552. The van der Waals surface area contributed by atoms with Gasteiger partial charge in [0, 0.05) is 15.2 Å². The topological polar surface area (TPSA) is 93.1 Å². The van der Waals surface area contributed by atoms with Crippen LogP contribution in [0.15, 0.2) is 71.2 Å². The van der Waals surface area contributed by atoms with Gasteiger partial charge in [0.1, 0.15) is 22.6 Å². The van der Waals surface area contributed by atoms with E-state index in [9.17, 15) is 19.8 Å². The molecule has 0 amide bonds. The van der Waals surface area contributed by atoms with Crippen LogP contribution in [0.2, 0.25) is 0 Å². The number of halogens is 1. The summed E-state index contributed by atoms with van der Waals surface area (Å²) in [4.78, 5) is 22.7. The number of fused-ring (bicyclic) bond motifs is 2. The van der Waals surface area contributed by atoms with Crippen molar-refractivity contribution in [3.05, 3.63) is 82.3 Å². The highest BCUT2D eigenvalue weighted by molar-refractivity contribution is 9.10. The molecule has 0 heterocycles. The summed E-state index contributed by atoms with van der Waals surface area (Å²) in [5, 5.41) is 22.8. The van der Waals surface area contributed by atoms with E-state index in [1.807, 2.05) is 30.3 Å². The maximum atomic E-state index is 11.4. The molecule has 0 bridgehead atoms. The Labute approximate surface area is 186 Å². The lowest BCUT2D eigenvalue weighted by molar-refractivity contribution is 0.0588. The number of hydrogen-bond acceptors (Lipinski definition) is 6. The number of benzene rings is 4. The lowest BCUT2D eigenvalue weighted by Gasteiger charge is -2.08. The van der Waals surface area contributed by atoms with Crippen molar-refractivity contribution < 1.29 is 29.3 Å². The van der Waals surface area contributed by atoms with Crippen molar-refractivity contribution in [3.8, 4) is 11.5 Å². The van der Waals surface area contributed by atoms with Crippen LogP contribution >= 0.6 is 15.9 Å². The highest BCUT2D eigenvalue weighted by Crippen LogP contribution is 2.34. The zero-order chi connectivity index (χ0) is 22.5. The molecule has 0 saturated heterocycles. The third-order valence-corrected chi connectivity index (χ3v) is 5.33. The molecule has 0 aliphatic heterocycles. The van der Waals surface area contributed by atoms with E-state index < -0.39 is 11.9 Å². The van der Waals surface area contributed by atoms with Gasteiger partial charge >= 0.3 is 11.9 Å². The van der Waals surface area contributed by atoms with E-state index in [1.165, 1.54) is 14.2 Å². The van der Waals surface area contributed by atoms with Crippen molar-refractivity contribution in [1.82, 2.24) is 0 Å². The number of esters is 2. The van der Waals surface area contributed by atoms with Gasteiger partial charge in [-0.25, -0.2) is 9.59 Å². The van der Waals surface area contributed by atoms with Crippen molar-refractivity contribution in [2.24, 2.45) is 0 Å². The first kappa shape index (κ1) is 22.1. The van der Waals surface area contributed by atoms with E-state index in [1.54, 1.807) is 36.4 Å². The molecule has 0 atom stereocenters. The summed E-state index contributed by atoms with van der Waals surface area (Å²) >= 11 is 3.36. The van der Waals surface area contributed by atoms with Crippen LogP contribution in [0.1, 0.15) is 20.7 Å². The summed E-state index contributed by atoms with van der Waals surface area (Å²) in [6.45, 7) is 0.